The van der Waals surface area contributed by atoms with Crippen LogP contribution in [0.5, 0.6) is 0 Å². The van der Waals surface area contributed by atoms with Gasteiger partial charge in [-0.2, -0.15) is 0 Å². The van der Waals surface area contributed by atoms with Gasteiger partial charge < -0.3 is 0 Å². The predicted octanol–water partition coefficient (Wildman–Crippen LogP) is 2.82. The summed E-state index contributed by atoms with van der Waals surface area (Å²) in [6, 6.07) is 1.88. The Balaban J connectivity index is 2.85. The molecule has 2 rings (SSSR count). The number of nitro groups is 1. The molecule has 2 aromatic rings. The van der Waals surface area contributed by atoms with Crippen LogP contribution >= 0.6 is 11.3 Å². The van der Waals surface area contributed by atoms with E-state index in [0.29, 0.717) is 5.39 Å². The summed E-state index contributed by atoms with van der Waals surface area (Å²) in [6.45, 7) is 3.69. The fraction of sp³-hybridized carbons (Fsp3) is 0.222. The highest BCUT2D eigenvalue weighted by atomic mass is 32.1. The van der Waals surface area contributed by atoms with Crippen molar-refractivity contribution in [2.45, 2.75) is 13.8 Å². The molecule has 0 fully saturated rings. The number of hydrogen-bond acceptors (Lipinski definition) is 4. The van der Waals surface area contributed by atoms with Gasteiger partial charge in [-0.15, -0.1) is 11.3 Å². The zero-order valence-corrected chi connectivity index (χ0v) is 8.59. The maximum absolute atomic E-state index is 10.7. The van der Waals surface area contributed by atoms with E-state index in [4.69, 9.17) is 0 Å². The molecule has 0 aliphatic rings. The van der Waals surface area contributed by atoms with Crippen molar-refractivity contribution >= 4 is 27.1 Å². The number of thiophene rings is 1. The zero-order valence-electron chi connectivity index (χ0n) is 7.77. The van der Waals surface area contributed by atoms with Crippen molar-refractivity contribution in [3.63, 3.8) is 0 Å². The van der Waals surface area contributed by atoms with Crippen LogP contribution in [0.1, 0.15) is 11.4 Å². The van der Waals surface area contributed by atoms with Crippen molar-refractivity contribution in [2.24, 2.45) is 0 Å². The van der Waals surface area contributed by atoms with Gasteiger partial charge >= 0.3 is 0 Å². The van der Waals surface area contributed by atoms with E-state index in [2.05, 4.69) is 4.98 Å². The Morgan fingerprint density at radius 3 is 2.86 bits per heavy atom. The monoisotopic (exact) mass is 208 g/mol. The van der Waals surface area contributed by atoms with Crippen LogP contribution in [0.3, 0.4) is 0 Å². The third-order valence-electron chi connectivity index (χ3n) is 2.04. The molecule has 2 aromatic heterocycles. The summed E-state index contributed by atoms with van der Waals surface area (Å²) in [7, 11) is 0. The van der Waals surface area contributed by atoms with Crippen molar-refractivity contribution < 1.29 is 4.92 Å². The van der Waals surface area contributed by atoms with Crippen LogP contribution in [-0.4, -0.2) is 9.91 Å². The highest BCUT2D eigenvalue weighted by Crippen LogP contribution is 2.33. The van der Waals surface area contributed by atoms with Crippen LogP contribution in [0.2, 0.25) is 0 Å². The molecule has 4 nitrogen and oxygen atoms in total. The van der Waals surface area contributed by atoms with Gasteiger partial charge in [-0.3, -0.25) is 15.1 Å². The average Bonchev–Trinajstić information content (AvgIpc) is 2.47. The van der Waals surface area contributed by atoms with E-state index < -0.39 is 0 Å². The first-order valence-electron chi connectivity index (χ1n) is 4.09. The van der Waals surface area contributed by atoms with Gasteiger partial charge in [0.2, 0.25) is 0 Å². The fourth-order valence-corrected chi connectivity index (χ4v) is 2.56. The predicted molar refractivity (Wildman–Crippen MR) is 55.7 cm³/mol. The molecular weight excluding hydrogens is 200 g/mol. The first-order chi connectivity index (χ1) is 6.59. The van der Waals surface area contributed by atoms with Gasteiger partial charge in [0.25, 0.3) is 5.69 Å². The van der Waals surface area contributed by atoms with Gasteiger partial charge in [0, 0.05) is 10.4 Å². The molecule has 0 saturated heterocycles. The summed E-state index contributed by atoms with van der Waals surface area (Å²) >= 11 is 1.39. The summed E-state index contributed by atoms with van der Waals surface area (Å²) in [5.74, 6) is 0. The summed E-state index contributed by atoms with van der Waals surface area (Å²) in [6.07, 6.45) is 0. The summed E-state index contributed by atoms with van der Waals surface area (Å²) < 4.78 is 0.932. The van der Waals surface area contributed by atoms with E-state index in [1.807, 2.05) is 13.0 Å². The molecule has 0 N–H and O–H groups in total. The number of hydrogen-bond donors (Lipinski definition) is 0. The van der Waals surface area contributed by atoms with Gasteiger partial charge in [-0.1, -0.05) is 0 Å². The highest BCUT2D eigenvalue weighted by molar-refractivity contribution is 7.17. The Morgan fingerprint density at radius 2 is 2.21 bits per heavy atom. The number of rotatable bonds is 1. The largest absolute Gasteiger partial charge is 0.289 e. The van der Waals surface area contributed by atoms with Crippen LogP contribution in [0.25, 0.3) is 10.1 Å². The second-order valence-corrected chi connectivity index (χ2v) is 4.01. The minimum Gasteiger partial charge on any atom is -0.258 e. The molecule has 2 heterocycles. The zero-order chi connectivity index (χ0) is 10.3. The van der Waals surface area contributed by atoms with E-state index >= 15 is 0 Å². The second-order valence-electron chi connectivity index (χ2n) is 3.10. The quantitative estimate of drug-likeness (QED) is 0.534. The minimum absolute atomic E-state index is 0.162. The van der Waals surface area contributed by atoms with Gasteiger partial charge in [-0.25, -0.2) is 0 Å². The highest BCUT2D eigenvalue weighted by Gasteiger charge is 2.16. The molecule has 0 aliphatic heterocycles. The summed E-state index contributed by atoms with van der Waals surface area (Å²) in [5.41, 5.74) is 1.79. The lowest BCUT2D eigenvalue weighted by atomic mass is 10.2. The maximum Gasteiger partial charge on any atom is 0.289 e. The molecular formula is C9H8N2O2S. The standard InChI is InChI=1S/C9H8N2O2S/c1-5-3-8-9(6(2)10-5)7(4-14-8)11(12)13/h3-4H,1-2H3. The van der Waals surface area contributed by atoms with Gasteiger partial charge in [-0.05, 0) is 19.9 Å². The van der Waals surface area contributed by atoms with Crippen LogP contribution in [0.4, 0.5) is 5.69 Å². The lowest BCUT2D eigenvalue weighted by Crippen LogP contribution is -1.90. The molecule has 0 aromatic carbocycles. The minimum atomic E-state index is -0.358. The summed E-state index contributed by atoms with van der Waals surface area (Å²) in [4.78, 5) is 14.6. The topological polar surface area (TPSA) is 56.0 Å². The summed E-state index contributed by atoms with van der Waals surface area (Å²) in [5, 5.41) is 12.9. The smallest absolute Gasteiger partial charge is 0.258 e. The van der Waals surface area contributed by atoms with Gasteiger partial charge in [0.15, 0.2) is 0 Å². The first-order valence-corrected chi connectivity index (χ1v) is 4.97. The normalized spacial score (nSPS) is 10.7. The van der Waals surface area contributed by atoms with Crippen LogP contribution in [0, 0.1) is 24.0 Å². The molecule has 0 unspecified atom stereocenters. The molecule has 0 spiro atoms. The Labute approximate surface area is 84.4 Å². The first kappa shape index (κ1) is 9.08. The van der Waals surface area contributed by atoms with Crippen molar-refractivity contribution in [3.8, 4) is 0 Å². The average molecular weight is 208 g/mol. The van der Waals surface area contributed by atoms with E-state index in [-0.39, 0.29) is 10.6 Å². The van der Waals surface area contributed by atoms with E-state index in [9.17, 15) is 10.1 Å². The maximum atomic E-state index is 10.7. The van der Waals surface area contributed by atoms with E-state index in [0.717, 1.165) is 16.1 Å². The number of pyridine rings is 1. The number of nitrogens with zero attached hydrogens (tertiary/aromatic N) is 2. The lowest BCUT2D eigenvalue weighted by Gasteiger charge is -1.97. The number of aryl methyl sites for hydroxylation is 2. The third kappa shape index (κ3) is 1.26. The Bertz CT molecular complexity index is 519. The van der Waals surface area contributed by atoms with E-state index in [1.165, 1.54) is 11.3 Å². The Kier molecular flexibility index (Phi) is 1.96. The third-order valence-corrected chi connectivity index (χ3v) is 2.96. The van der Waals surface area contributed by atoms with Gasteiger partial charge in [0.05, 0.1) is 21.4 Å². The molecule has 72 valence electrons. The number of aromatic nitrogens is 1. The molecule has 0 amide bonds. The molecule has 5 heteroatoms. The lowest BCUT2D eigenvalue weighted by molar-refractivity contribution is -0.382. The van der Waals surface area contributed by atoms with Gasteiger partial charge in [0.1, 0.15) is 0 Å². The second kappa shape index (κ2) is 3.02. The molecule has 0 atom stereocenters. The Hall–Kier alpha value is -1.49. The van der Waals surface area contributed by atoms with Crippen molar-refractivity contribution in [1.82, 2.24) is 4.98 Å². The molecule has 0 bridgehead atoms. The van der Waals surface area contributed by atoms with Crippen LogP contribution in [-0.2, 0) is 0 Å². The SMILES string of the molecule is Cc1cc2scc([N+](=O)[O-])c2c(C)n1. The molecule has 14 heavy (non-hydrogen) atoms. The Morgan fingerprint density at radius 1 is 1.50 bits per heavy atom. The van der Waals surface area contributed by atoms with Crippen molar-refractivity contribution in [2.75, 3.05) is 0 Å². The number of fused-ring (bicyclic) bond motifs is 1. The van der Waals surface area contributed by atoms with Crippen molar-refractivity contribution in [1.29, 1.82) is 0 Å². The molecule has 0 saturated carbocycles. The van der Waals surface area contributed by atoms with Crippen LogP contribution in [0.15, 0.2) is 11.4 Å². The molecule has 0 aliphatic carbocycles. The fourth-order valence-electron chi connectivity index (χ4n) is 1.51. The van der Waals surface area contributed by atoms with Crippen LogP contribution < -0.4 is 0 Å². The van der Waals surface area contributed by atoms with E-state index in [1.54, 1.807) is 12.3 Å². The molecule has 0 radical (unpaired) electrons. The van der Waals surface area contributed by atoms with Crippen molar-refractivity contribution in [3.05, 3.63) is 32.9 Å².